The molecule has 26 heavy (non-hydrogen) atoms. The average Bonchev–Trinajstić information content (AvgIpc) is 3.40. The Morgan fingerprint density at radius 3 is 2.15 bits per heavy atom. The van der Waals surface area contributed by atoms with Crippen molar-refractivity contribution in [3.63, 3.8) is 0 Å². The maximum absolute atomic E-state index is 12.7. The average molecular weight is 352 g/mol. The number of nitrogens with one attached hydrogen (secondary N) is 2. The molecule has 1 aliphatic rings. The van der Waals surface area contributed by atoms with Crippen molar-refractivity contribution in [1.29, 1.82) is 0 Å². The van der Waals surface area contributed by atoms with E-state index in [1.165, 1.54) is 0 Å². The highest BCUT2D eigenvalue weighted by Gasteiger charge is 2.56. The zero-order chi connectivity index (χ0) is 18.7. The van der Waals surface area contributed by atoms with Gasteiger partial charge in [-0.15, -0.1) is 0 Å². The van der Waals surface area contributed by atoms with Gasteiger partial charge in [0.25, 0.3) is 0 Å². The van der Waals surface area contributed by atoms with Crippen LogP contribution < -0.4 is 15.4 Å². The number of hydrogen-bond donors (Lipinski definition) is 2. The number of para-hydroxylation sites is 1. The van der Waals surface area contributed by atoms with E-state index in [0.29, 0.717) is 18.5 Å². The molecular formula is C21H24N2O3. The lowest BCUT2D eigenvalue weighted by atomic mass is 10.0. The number of ether oxygens (including phenoxy) is 1. The van der Waals surface area contributed by atoms with Gasteiger partial charge in [0.2, 0.25) is 11.8 Å². The molecule has 2 N–H and O–H groups in total. The van der Waals surface area contributed by atoms with Crippen LogP contribution in [0.15, 0.2) is 48.5 Å². The van der Waals surface area contributed by atoms with Crippen molar-refractivity contribution in [2.45, 2.75) is 39.7 Å². The molecule has 0 radical (unpaired) electrons. The summed E-state index contributed by atoms with van der Waals surface area (Å²) in [7, 11) is 0. The van der Waals surface area contributed by atoms with Gasteiger partial charge in [0.1, 0.15) is 11.2 Å². The Balaban J connectivity index is 1.65. The molecule has 0 aromatic heterocycles. The highest BCUT2D eigenvalue weighted by atomic mass is 16.5. The first-order valence-corrected chi connectivity index (χ1v) is 8.86. The quantitative estimate of drug-likeness (QED) is 0.768. The third-order valence-corrected chi connectivity index (χ3v) is 4.50. The minimum Gasteiger partial charge on any atom is -0.491 e. The van der Waals surface area contributed by atoms with Crippen molar-refractivity contribution >= 4 is 23.2 Å². The van der Waals surface area contributed by atoms with Crippen LogP contribution in [0.4, 0.5) is 11.4 Å². The van der Waals surface area contributed by atoms with Crippen LogP contribution in [0.3, 0.4) is 0 Å². The summed E-state index contributed by atoms with van der Waals surface area (Å²) in [5.41, 5.74) is 1.39. The summed E-state index contributed by atoms with van der Waals surface area (Å²) in [5.74, 6) is 0.238. The van der Waals surface area contributed by atoms with E-state index in [4.69, 9.17) is 4.74 Å². The van der Waals surface area contributed by atoms with Gasteiger partial charge in [-0.1, -0.05) is 18.2 Å². The number of rotatable bonds is 6. The van der Waals surface area contributed by atoms with Crippen molar-refractivity contribution in [2.75, 3.05) is 10.6 Å². The molecule has 1 aliphatic carbocycles. The molecule has 1 saturated carbocycles. The lowest BCUT2D eigenvalue weighted by molar-refractivity contribution is -0.131. The minimum absolute atomic E-state index is 0.0929. The normalized spacial score (nSPS) is 14.6. The molecule has 0 atom stereocenters. The monoisotopic (exact) mass is 352 g/mol. The molecule has 1 fully saturated rings. The Bertz CT molecular complexity index is 808. The number of carbonyl (C=O) groups excluding carboxylic acids is 2. The van der Waals surface area contributed by atoms with Gasteiger partial charge in [-0.3, -0.25) is 9.59 Å². The van der Waals surface area contributed by atoms with E-state index in [0.717, 1.165) is 17.0 Å². The topological polar surface area (TPSA) is 67.4 Å². The molecule has 0 saturated heterocycles. The number of anilines is 2. The van der Waals surface area contributed by atoms with Crippen molar-refractivity contribution in [3.8, 4) is 5.75 Å². The summed E-state index contributed by atoms with van der Waals surface area (Å²) >= 11 is 0. The first-order valence-electron chi connectivity index (χ1n) is 8.86. The van der Waals surface area contributed by atoms with E-state index in [9.17, 15) is 9.59 Å². The summed E-state index contributed by atoms with van der Waals surface area (Å²) in [5, 5.41) is 5.74. The van der Waals surface area contributed by atoms with E-state index in [1.54, 1.807) is 12.1 Å². The molecule has 5 nitrogen and oxygen atoms in total. The summed E-state index contributed by atoms with van der Waals surface area (Å²) in [4.78, 5) is 25.3. The Kier molecular flexibility index (Phi) is 4.98. The molecule has 2 aromatic rings. The van der Waals surface area contributed by atoms with Crippen molar-refractivity contribution in [1.82, 2.24) is 0 Å². The fourth-order valence-electron chi connectivity index (χ4n) is 2.78. The number of benzene rings is 2. The standard InChI is InChI=1S/C21H24N2O3/c1-14(2)26-17-10-8-16(9-11-17)22-19(24)21(12-13-21)20(25)23-18-7-5-4-6-15(18)3/h4-11,14H,12-13H2,1-3H3,(H,22,24)(H,23,25). The maximum atomic E-state index is 12.7. The number of amides is 2. The first kappa shape index (κ1) is 18.0. The summed E-state index contributed by atoms with van der Waals surface area (Å²) in [6, 6.07) is 14.7. The second-order valence-electron chi connectivity index (χ2n) is 7.00. The van der Waals surface area contributed by atoms with E-state index < -0.39 is 5.41 Å². The maximum Gasteiger partial charge on any atom is 0.240 e. The Hall–Kier alpha value is -2.82. The highest BCUT2D eigenvalue weighted by molar-refractivity contribution is 6.17. The predicted molar refractivity (Wildman–Crippen MR) is 102 cm³/mol. The van der Waals surface area contributed by atoms with Crippen LogP contribution in [-0.2, 0) is 9.59 Å². The lowest BCUT2D eigenvalue weighted by Gasteiger charge is -2.17. The largest absolute Gasteiger partial charge is 0.491 e. The van der Waals surface area contributed by atoms with Crippen LogP contribution >= 0.6 is 0 Å². The molecule has 136 valence electrons. The molecule has 0 spiro atoms. The van der Waals surface area contributed by atoms with Crippen LogP contribution in [0.5, 0.6) is 5.75 Å². The summed E-state index contributed by atoms with van der Waals surface area (Å²) in [6.45, 7) is 5.84. The molecule has 2 amide bonds. The number of carbonyl (C=O) groups is 2. The van der Waals surface area contributed by atoms with E-state index in [-0.39, 0.29) is 17.9 Å². The summed E-state index contributed by atoms with van der Waals surface area (Å²) in [6.07, 6.45) is 1.21. The smallest absolute Gasteiger partial charge is 0.240 e. The SMILES string of the molecule is Cc1ccccc1NC(=O)C1(C(=O)Nc2ccc(OC(C)C)cc2)CC1. The molecular weight excluding hydrogens is 328 g/mol. The fraction of sp³-hybridized carbons (Fsp3) is 0.333. The molecule has 0 bridgehead atoms. The minimum atomic E-state index is -0.977. The third kappa shape index (κ3) is 3.87. The molecule has 0 aliphatic heterocycles. The highest BCUT2D eigenvalue weighted by Crippen LogP contribution is 2.47. The van der Waals surface area contributed by atoms with Gasteiger partial charge in [0.15, 0.2) is 0 Å². The molecule has 3 rings (SSSR count). The molecule has 5 heteroatoms. The Morgan fingerprint density at radius 1 is 0.962 bits per heavy atom. The van der Waals surface area contributed by atoms with Gasteiger partial charge in [-0.2, -0.15) is 0 Å². The van der Waals surface area contributed by atoms with Gasteiger partial charge in [0, 0.05) is 11.4 Å². The zero-order valence-corrected chi connectivity index (χ0v) is 15.3. The zero-order valence-electron chi connectivity index (χ0n) is 15.3. The molecule has 0 heterocycles. The Morgan fingerprint density at radius 2 is 1.58 bits per heavy atom. The van der Waals surface area contributed by atoms with Gasteiger partial charge in [-0.05, 0) is 69.5 Å². The van der Waals surface area contributed by atoms with E-state index in [1.807, 2.05) is 57.2 Å². The predicted octanol–water partition coefficient (Wildman–Crippen LogP) is 4.14. The van der Waals surface area contributed by atoms with Crippen LogP contribution in [-0.4, -0.2) is 17.9 Å². The van der Waals surface area contributed by atoms with Gasteiger partial charge < -0.3 is 15.4 Å². The second-order valence-corrected chi connectivity index (χ2v) is 7.00. The Labute approximate surface area is 153 Å². The first-order chi connectivity index (χ1) is 12.4. The number of hydrogen-bond acceptors (Lipinski definition) is 3. The van der Waals surface area contributed by atoms with Crippen molar-refractivity contribution < 1.29 is 14.3 Å². The number of aryl methyl sites for hydroxylation is 1. The lowest BCUT2D eigenvalue weighted by Crippen LogP contribution is -2.35. The van der Waals surface area contributed by atoms with Gasteiger partial charge in [0.05, 0.1) is 6.10 Å². The fourth-order valence-corrected chi connectivity index (χ4v) is 2.78. The summed E-state index contributed by atoms with van der Waals surface area (Å²) < 4.78 is 5.59. The molecule has 2 aromatic carbocycles. The van der Waals surface area contributed by atoms with Gasteiger partial charge in [-0.25, -0.2) is 0 Å². The van der Waals surface area contributed by atoms with E-state index in [2.05, 4.69) is 10.6 Å². The van der Waals surface area contributed by atoms with E-state index >= 15 is 0 Å². The second kappa shape index (κ2) is 7.20. The van der Waals surface area contributed by atoms with Crippen LogP contribution in [0.1, 0.15) is 32.3 Å². The van der Waals surface area contributed by atoms with Crippen LogP contribution in [0, 0.1) is 12.3 Å². The third-order valence-electron chi connectivity index (χ3n) is 4.50. The van der Waals surface area contributed by atoms with Crippen LogP contribution in [0.25, 0.3) is 0 Å². The molecule has 0 unspecified atom stereocenters. The van der Waals surface area contributed by atoms with Gasteiger partial charge >= 0.3 is 0 Å². The van der Waals surface area contributed by atoms with Crippen molar-refractivity contribution in [3.05, 3.63) is 54.1 Å². The van der Waals surface area contributed by atoms with Crippen molar-refractivity contribution in [2.24, 2.45) is 5.41 Å². The van der Waals surface area contributed by atoms with Crippen LogP contribution in [0.2, 0.25) is 0 Å².